The number of rotatable bonds is 0. The van der Waals surface area contributed by atoms with Crippen molar-refractivity contribution in [1.82, 2.24) is 5.32 Å². The molecule has 0 aromatic heterocycles. The second-order valence-corrected chi connectivity index (χ2v) is 2.48. The van der Waals surface area contributed by atoms with E-state index in [-0.39, 0.29) is 6.10 Å². The molecule has 1 radical (unpaired) electrons. The molecule has 0 spiro atoms. The molecule has 2 saturated heterocycles. The molecular weight excluding hydrogens is 118 g/mol. The summed E-state index contributed by atoms with van der Waals surface area (Å²) < 4.78 is 0. The van der Waals surface area contributed by atoms with Crippen molar-refractivity contribution in [2.24, 2.45) is 5.92 Å². The zero-order valence-electron chi connectivity index (χ0n) is 5.17. The molecule has 9 heavy (non-hydrogen) atoms. The Morgan fingerprint density at radius 3 is 3.33 bits per heavy atom. The van der Waals surface area contributed by atoms with Crippen LogP contribution in [0.3, 0.4) is 0 Å². The van der Waals surface area contributed by atoms with Gasteiger partial charge in [0, 0.05) is 19.0 Å². The van der Waals surface area contributed by atoms with Gasteiger partial charge >= 0.3 is 0 Å². The van der Waals surface area contributed by atoms with Crippen LogP contribution < -0.4 is 5.32 Å². The van der Waals surface area contributed by atoms with Crippen LogP contribution in [0, 0.1) is 12.3 Å². The van der Waals surface area contributed by atoms with Gasteiger partial charge in [0.1, 0.15) is 6.10 Å². The summed E-state index contributed by atoms with van der Waals surface area (Å²) in [5, 5.41) is 3.23. The Bertz CT molecular complexity index is 95.2. The first kappa shape index (κ1) is 5.65. The predicted molar refractivity (Wildman–Crippen MR) is 31.5 cm³/mol. The zero-order chi connectivity index (χ0) is 6.10. The summed E-state index contributed by atoms with van der Waals surface area (Å²) in [7, 11) is 0. The highest BCUT2D eigenvalue weighted by molar-refractivity contribution is 4.91. The fraction of sp³-hybridized carbons (Fsp3) is 0.833. The molecule has 0 aromatic carbocycles. The summed E-state index contributed by atoms with van der Waals surface area (Å²) in [5.74, 6) is 0.582. The standard InChI is InChI=1S/C6H10NO2/c1-2-8-9-6-4-7-3-5(1)6/h1,5-7H,2-4H2. The van der Waals surface area contributed by atoms with Crippen LogP contribution in [-0.2, 0) is 9.78 Å². The second-order valence-electron chi connectivity index (χ2n) is 2.48. The van der Waals surface area contributed by atoms with E-state index in [0.29, 0.717) is 12.5 Å². The predicted octanol–water partition coefficient (Wildman–Crippen LogP) is -0.260. The molecule has 0 aromatic rings. The summed E-state index contributed by atoms with van der Waals surface area (Å²) in [6.45, 7) is 2.62. The molecule has 0 aliphatic carbocycles. The lowest BCUT2D eigenvalue weighted by atomic mass is 10.0. The summed E-state index contributed by atoms with van der Waals surface area (Å²) in [5.41, 5.74) is 0. The Hall–Kier alpha value is -0.120. The average molecular weight is 128 g/mol. The van der Waals surface area contributed by atoms with Crippen molar-refractivity contribution in [2.45, 2.75) is 6.10 Å². The second kappa shape index (κ2) is 2.25. The summed E-state index contributed by atoms with van der Waals surface area (Å²) in [6, 6.07) is 0. The SMILES string of the molecule is [CH]1COOC2CNCC12. The Balaban J connectivity index is 1.97. The smallest absolute Gasteiger partial charge is 0.110 e. The molecule has 2 rings (SSSR count). The Labute approximate surface area is 54.3 Å². The van der Waals surface area contributed by atoms with Crippen molar-refractivity contribution in [3.63, 3.8) is 0 Å². The molecule has 3 nitrogen and oxygen atoms in total. The number of hydrogen-bond acceptors (Lipinski definition) is 3. The van der Waals surface area contributed by atoms with Gasteiger partial charge in [0.2, 0.25) is 0 Å². The van der Waals surface area contributed by atoms with Gasteiger partial charge in [-0.15, -0.1) is 0 Å². The van der Waals surface area contributed by atoms with Crippen molar-refractivity contribution in [1.29, 1.82) is 0 Å². The molecule has 2 heterocycles. The van der Waals surface area contributed by atoms with E-state index >= 15 is 0 Å². The third-order valence-electron chi connectivity index (χ3n) is 1.86. The van der Waals surface area contributed by atoms with Crippen LogP contribution in [0.5, 0.6) is 0 Å². The molecule has 1 N–H and O–H groups in total. The Morgan fingerprint density at radius 1 is 1.44 bits per heavy atom. The van der Waals surface area contributed by atoms with E-state index in [1.165, 1.54) is 0 Å². The van der Waals surface area contributed by atoms with E-state index in [9.17, 15) is 0 Å². The Kier molecular flexibility index (Phi) is 1.41. The monoisotopic (exact) mass is 128 g/mol. The molecule has 0 saturated carbocycles. The summed E-state index contributed by atoms with van der Waals surface area (Å²) in [6.07, 6.45) is 2.44. The van der Waals surface area contributed by atoms with Gasteiger partial charge in [0.05, 0.1) is 6.61 Å². The van der Waals surface area contributed by atoms with E-state index in [4.69, 9.17) is 9.78 Å². The maximum atomic E-state index is 5.01. The minimum Gasteiger partial charge on any atom is -0.314 e. The molecule has 2 unspecified atom stereocenters. The van der Waals surface area contributed by atoms with E-state index in [1.54, 1.807) is 0 Å². The van der Waals surface area contributed by atoms with Crippen LogP contribution in [0.4, 0.5) is 0 Å². The van der Waals surface area contributed by atoms with Crippen molar-refractivity contribution in [3.05, 3.63) is 6.42 Å². The number of fused-ring (bicyclic) bond motifs is 1. The molecule has 0 amide bonds. The van der Waals surface area contributed by atoms with Gasteiger partial charge in [-0.1, -0.05) is 0 Å². The van der Waals surface area contributed by atoms with Gasteiger partial charge in [0.15, 0.2) is 0 Å². The molecule has 3 heteroatoms. The fourth-order valence-electron chi connectivity index (χ4n) is 1.31. The van der Waals surface area contributed by atoms with E-state index in [0.717, 1.165) is 13.1 Å². The highest BCUT2D eigenvalue weighted by Crippen LogP contribution is 2.20. The quantitative estimate of drug-likeness (QED) is 0.456. The van der Waals surface area contributed by atoms with Crippen molar-refractivity contribution >= 4 is 0 Å². The van der Waals surface area contributed by atoms with Crippen LogP contribution in [0.15, 0.2) is 0 Å². The van der Waals surface area contributed by atoms with Crippen LogP contribution >= 0.6 is 0 Å². The van der Waals surface area contributed by atoms with Crippen molar-refractivity contribution in [2.75, 3.05) is 19.7 Å². The minimum absolute atomic E-state index is 0.277. The van der Waals surface area contributed by atoms with E-state index in [2.05, 4.69) is 11.7 Å². The average Bonchev–Trinajstić information content (AvgIpc) is 2.33. The highest BCUT2D eigenvalue weighted by Gasteiger charge is 2.31. The molecular formula is C6H10NO2. The molecule has 51 valence electrons. The maximum Gasteiger partial charge on any atom is 0.110 e. The first-order chi connectivity index (χ1) is 4.47. The third kappa shape index (κ3) is 0.956. The van der Waals surface area contributed by atoms with Gasteiger partial charge in [-0.05, 0) is 6.42 Å². The van der Waals surface area contributed by atoms with Gasteiger partial charge in [0.25, 0.3) is 0 Å². The van der Waals surface area contributed by atoms with Gasteiger partial charge < -0.3 is 5.32 Å². The zero-order valence-corrected chi connectivity index (χ0v) is 5.17. The summed E-state index contributed by atoms with van der Waals surface area (Å²) >= 11 is 0. The Morgan fingerprint density at radius 2 is 2.44 bits per heavy atom. The van der Waals surface area contributed by atoms with Gasteiger partial charge in [-0.2, -0.15) is 0 Å². The van der Waals surface area contributed by atoms with Crippen LogP contribution in [-0.4, -0.2) is 25.8 Å². The van der Waals surface area contributed by atoms with Crippen LogP contribution in [0.25, 0.3) is 0 Å². The lowest BCUT2D eigenvalue weighted by Gasteiger charge is -2.22. The first-order valence-corrected chi connectivity index (χ1v) is 3.29. The van der Waals surface area contributed by atoms with Crippen LogP contribution in [0.1, 0.15) is 0 Å². The van der Waals surface area contributed by atoms with Crippen molar-refractivity contribution in [3.8, 4) is 0 Å². The lowest BCUT2D eigenvalue weighted by molar-refractivity contribution is -0.337. The third-order valence-corrected chi connectivity index (χ3v) is 1.86. The highest BCUT2D eigenvalue weighted by atomic mass is 17.2. The summed E-state index contributed by atoms with van der Waals surface area (Å²) in [4.78, 5) is 9.80. The van der Waals surface area contributed by atoms with E-state index < -0.39 is 0 Å². The first-order valence-electron chi connectivity index (χ1n) is 3.29. The largest absolute Gasteiger partial charge is 0.314 e. The maximum absolute atomic E-state index is 5.01. The van der Waals surface area contributed by atoms with Gasteiger partial charge in [-0.3, -0.25) is 0 Å². The van der Waals surface area contributed by atoms with Crippen molar-refractivity contribution < 1.29 is 9.78 Å². The molecule has 2 atom stereocenters. The van der Waals surface area contributed by atoms with Gasteiger partial charge in [-0.25, -0.2) is 9.78 Å². The normalized spacial score (nSPS) is 42.7. The fourth-order valence-corrected chi connectivity index (χ4v) is 1.31. The number of hydrogen-bond donors (Lipinski definition) is 1. The molecule has 2 aliphatic heterocycles. The lowest BCUT2D eigenvalue weighted by Crippen LogP contribution is -2.29. The van der Waals surface area contributed by atoms with E-state index in [1.807, 2.05) is 0 Å². The van der Waals surface area contributed by atoms with Crippen LogP contribution in [0.2, 0.25) is 0 Å². The molecule has 2 fully saturated rings. The number of nitrogens with one attached hydrogen (secondary N) is 1. The topological polar surface area (TPSA) is 30.5 Å². The molecule has 2 aliphatic rings. The minimum atomic E-state index is 0.277. The molecule has 0 bridgehead atoms.